The van der Waals surface area contributed by atoms with Crippen LogP contribution >= 0.6 is 0 Å². The van der Waals surface area contributed by atoms with Crippen molar-refractivity contribution in [3.8, 4) is 0 Å². The van der Waals surface area contributed by atoms with Crippen molar-refractivity contribution in [3.63, 3.8) is 0 Å². The summed E-state index contributed by atoms with van der Waals surface area (Å²) < 4.78 is 0. The predicted octanol–water partition coefficient (Wildman–Crippen LogP) is 3.36. The highest BCUT2D eigenvalue weighted by atomic mass is 16.3. The quantitative estimate of drug-likeness (QED) is 0.167. The summed E-state index contributed by atoms with van der Waals surface area (Å²) in [5, 5.41) is 22.4. The number of rotatable bonds is 14. The number of Topliss-reactive ketones (excluding diaryl/α,β-unsaturated/α-hetero) is 1. The first-order valence-electron chi connectivity index (χ1n) is 21.8. The molecule has 13 heteroatoms. The van der Waals surface area contributed by atoms with Crippen LogP contribution in [0.15, 0.2) is 0 Å². The Kier molecular flexibility index (Phi) is 12.1. The fraction of sp³-hybridized carbons (Fsp3) is 0.860. The average molecular weight is 783 g/mol. The maximum Gasteiger partial charge on any atom is 0.289 e. The van der Waals surface area contributed by atoms with E-state index in [1.54, 1.807) is 4.90 Å². The third kappa shape index (κ3) is 7.76. The SMILES string of the molecule is CCC[C@H](NC(=O)[C@@H]1C[C@@]2(CN1C(=O)[C@@H](NC(=O)[C@@H](NC(=O)[C@@H]1C[C@@H](O)CN1C(C)C)C1CCCCC1)C(C)(C)C)C(C)(C)C21CCC1)C(=O)C(=O)NC1CC1. The molecule has 6 rings (SSSR count). The van der Waals surface area contributed by atoms with E-state index < -0.39 is 65.2 Å². The fourth-order valence-corrected chi connectivity index (χ4v) is 11.4. The van der Waals surface area contributed by atoms with E-state index in [2.05, 4.69) is 35.1 Å². The molecule has 2 saturated heterocycles. The summed E-state index contributed by atoms with van der Waals surface area (Å²) in [6, 6.07) is -4.29. The summed E-state index contributed by atoms with van der Waals surface area (Å²) in [6.45, 7) is 16.8. The maximum absolute atomic E-state index is 15.1. The van der Waals surface area contributed by atoms with E-state index in [1.807, 2.05) is 46.4 Å². The molecule has 7 atom stereocenters. The van der Waals surface area contributed by atoms with Crippen molar-refractivity contribution in [2.75, 3.05) is 13.1 Å². The molecule has 0 radical (unpaired) electrons. The van der Waals surface area contributed by atoms with Crippen LogP contribution in [0.2, 0.25) is 0 Å². The van der Waals surface area contributed by atoms with Crippen LogP contribution in [-0.2, 0) is 28.8 Å². The van der Waals surface area contributed by atoms with Gasteiger partial charge in [-0.25, -0.2) is 0 Å². The summed E-state index contributed by atoms with van der Waals surface area (Å²) in [5.74, 6) is -2.97. The molecular formula is C43H70N6O7. The number of fused-ring (bicyclic) bond motifs is 1. The van der Waals surface area contributed by atoms with Crippen molar-refractivity contribution in [2.24, 2.45) is 27.6 Å². The molecule has 0 aromatic heterocycles. The van der Waals surface area contributed by atoms with E-state index in [0.717, 1.165) is 64.2 Å². The number of nitrogens with one attached hydrogen (secondary N) is 4. The van der Waals surface area contributed by atoms with Gasteiger partial charge in [-0.1, -0.05) is 73.6 Å². The third-order valence-corrected chi connectivity index (χ3v) is 15.1. The second-order valence-electron chi connectivity index (χ2n) is 20.2. The predicted molar refractivity (Wildman–Crippen MR) is 212 cm³/mol. The minimum absolute atomic E-state index is 0.00362. The number of amides is 5. The zero-order chi connectivity index (χ0) is 41.0. The molecule has 2 aliphatic heterocycles. The molecule has 0 aromatic rings. The smallest absolute Gasteiger partial charge is 0.289 e. The fourth-order valence-electron chi connectivity index (χ4n) is 11.4. The van der Waals surface area contributed by atoms with Crippen molar-refractivity contribution < 1.29 is 33.9 Å². The van der Waals surface area contributed by atoms with Gasteiger partial charge in [-0.3, -0.25) is 33.7 Å². The summed E-state index contributed by atoms with van der Waals surface area (Å²) >= 11 is 0. The van der Waals surface area contributed by atoms with Gasteiger partial charge in [0.1, 0.15) is 18.1 Å². The van der Waals surface area contributed by atoms with Crippen molar-refractivity contribution in [2.45, 2.75) is 194 Å². The minimum atomic E-state index is -1.01. The first kappa shape index (κ1) is 42.5. The molecule has 5 N–H and O–H groups in total. The minimum Gasteiger partial charge on any atom is -0.392 e. The zero-order valence-electron chi connectivity index (χ0n) is 35.3. The number of carbonyl (C=O) groups is 6. The average Bonchev–Trinajstić information content (AvgIpc) is 3.85. The van der Waals surface area contributed by atoms with Crippen LogP contribution in [0.4, 0.5) is 0 Å². The molecular weight excluding hydrogens is 713 g/mol. The molecule has 2 spiro atoms. The Morgan fingerprint density at radius 1 is 0.839 bits per heavy atom. The number of aliphatic hydroxyl groups is 1. The highest BCUT2D eigenvalue weighted by Crippen LogP contribution is 2.88. The first-order chi connectivity index (χ1) is 26.3. The number of ketones is 1. The van der Waals surface area contributed by atoms with Gasteiger partial charge in [-0.05, 0) is 93.8 Å². The molecule has 6 aliphatic rings. The molecule has 13 nitrogen and oxygen atoms in total. The van der Waals surface area contributed by atoms with Crippen LogP contribution in [0.25, 0.3) is 0 Å². The van der Waals surface area contributed by atoms with Gasteiger partial charge in [0.2, 0.25) is 29.4 Å². The van der Waals surface area contributed by atoms with Crippen LogP contribution in [0.3, 0.4) is 0 Å². The third-order valence-electron chi connectivity index (χ3n) is 15.1. The van der Waals surface area contributed by atoms with Gasteiger partial charge in [-0.2, -0.15) is 0 Å². The highest BCUT2D eigenvalue weighted by Gasteiger charge is 2.85. The topological polar surface area (TPSA) is 177 Å². The van der Waals surface area contributed by atoms with Crippen molar-refractivity contribution >= 4 is 35.3 Å². The summed E-state index contributed by atoms with van der Waals surface area (Å²) in [6.07, 6.45) is 10.3. The van der Waals surface area contributed by atoms with Gasteiger partial charge in [0.25, 0.3) is 5.91 Å². The lowest BCUT2D eigenvalue weighted by molar-refractivity contribution is -0.145. The maximum atomic E-state index is 15.1. The van der Waals surface area contributed by atoms with Gasteiger partial charge in [0.15, 0.2) is 0 Å². The van der Waals surface area contributed by atoms with E-state index in [1.165, 1.54) is 0 Å². The van der Waals surface area contributed by atoms with E-state index in [9.17, 15) is 29.1 Å². The molecule has 0 unspecified atom stereocenters. The Labute approximate surface area is 334 Å². The Morgan fingerprint density at radius 2 is 1.48 bits per heavy atom. The van der Waals surface area contributed by atoms with Gasteiger partial charge >= 0.3 is 0 Å². The number of aliphatic hydroxyl groups excluding tert-OH is 1. The Hall–Kier alpha value is -3.06. The Morgan fingerprint density at radius 3 is 2.02 bits per heavy atom. The number of hydrogen-bond donors (Lipinski definition) is 5. The van der Waals surface area contributed by atoms with E-state index >= 15 is 4.79 Å². The monoisotopic (exact) mass is 783 g/mol. The lowest BCUT2D eigenvalue weighted by Crippen LogP contribution is -2.62. The van der Waals surface area contributed by atoms with Gasteiger partial charge < -0.3 is 31.3 Å². The summed E-state index contributed by atoms with van der Waals surface area (Å²) in [4.78, 5) is 87.9. The summed E-state index contributed by atoms with van der Waals surface area (Å²) in [7, 11) is 0. The molecule has 6 fully saturated rings. The number of hydrogen-bond acceptors (Lipinski definition) is 8. The van der Waals surface area contributed by atoms with Crippen LogP contribution < -0.4 is 21.3 Å². The number of carbonyl (C=O) groups excluding carboxylic acids is 6. The lowest BCUT2D eigenvalue weighted by atomic mass is 9.73. The number of β-amino-alcohol motifs (C(OH)–C–C–N with tert-alkyl or cyclic N) is 1. The van der Waals surface area contributed by atoms with Gasteiger partial charge in [0.05, 0.1) is 18.2 Å². The zero-order valence-corrected chi connectivity index (χ0v) is 35.3. The van der Waals surface area contributed by atoms with E-state index in [-0.39, 0.29) is 46.1 Å². The Bertz CT molecular complexity index is 1540. The van der Waals surface area contributed by atoms with Gasteiger partial charge in [-0.15, -0.1) is 0 Å². The molecule has 0 aromatic carbocycles. The first-order valence-corrected chi connectivity index (χ1v) is 21.8. The van der Waals surface area contributed by atoms with Crippen LogP contribution in [0.1, 0.15) is 145 Å². The molecule has 5 amide bonds. The molecule has 4 aliphatic carbocycles. The second kappa shape index (κ2) is 15.9. The summed E-state index contributed by atoms with van der Waals surface area (Å²) in [5.41, 5.74) is -1.14. The van der Waals surface area contributed by atoms with Crippen LogP contribution in [0, 0.1) is 27.6 Å². The second-order valence-corrected chi connectivity index (χ2v) is 20.2. The standard InChI is InChI=1S/C43H70N6O7/c1-9-14-29(33(51)38(55)44-27-17-18-27)45-36(53)31-22-43(41(7,8)42(43)19-13-20-42)24-49(31)39(56)34(40(4,5)6)47-37(54)32(26-15-11-10-12-16-26)46-35(52)30-21-28(50)23-48(30)25(2)3/h25-32,34,50H,9-24H2,1-8H3,(H,44,55)(H,45,53)(H,46,52)(H,47,54)/t28-,29+,30+,31+,32+,34-,43-/m1/s1. The van der Waals surface area contributed by atoms with E-state index in [0.29, 0.717) is 38.8 Å². The normalized spacial score (nSPS) is 30.0. The Balaban J connectivity index is 1.26. The van der Waals surface area contributed by atoms with Crippen molar-refractivity contribution in [3.05, 3.63) is 0 Å². The molecule has 314 valence electrons. The van der Waals surface area contributed by atoms with Crippen LogP contribution in [0.5, 0.6) is 0 Å². The molecule has 2 heterocycles. The molecule has 0 bridgehead atoms. The number of likely N-dealkylation sites (tertiary alicyclic amines) is 2. The molecule has 4 saturated carbocycles. The van der Waals surface area contributed by atoms with Crippen LogP contribution in [-0.4, -0.2) is 112 Å². The molecule has 56 heavy (non-hydrogen) atoms. The largest absolute Gasteiger partial charge is 0.392 e. The van der Waals surface area contributed by atoms with E-state index in [4.69, 9.17) is 0 Å². The van der Waals surface area contributed by atoms with Gasteiger partial charge in [0, 0.05) is 30.6 Å². The highest BCUT2D eigenvalue weighted by molar-refractivity contribution is 6.38. The van der Waals surface area contributed by atoms with Crippen molar-refractivity contribution in [1.82, 2.24) is 31.1 Å². The number of nitrogens with zero attached hydrogens (tertiary/aromatic N) is 2. The lowest BCUT2D eigenvalue weighted by Gasteiger charge is -2.38. The van der Waals surface area contributed by atoms with Crippen molar-refractivity contribution in [1.29, 1.82) is 0 Å².